The lowest BCUT2D eigenvalue weighted by molar-refractivity contribution is 0.0337. The first-order chi connectivity index (χ1) is 13.1. The smallest absolute Gasteiger partial charge is 0.254 e. The van der Waals surface area contributed by atoms with Crippen LogP contribution >= 0.6 is 11.3 Å². The van der Waals surface area contributed by atoms with Gasteiger partial charge in [0.15, 0.2) is 0 Å². The maximum absolute atomic E-state index is 13.6. The zero-order valence-corrected chi connectivity index (χ0v) is 15.9. The number of halogens is 1. The molecule has 1 aliphatic rings. The molecule has 27 heavy (non-hydrogen) atoms. The largest absolute Gasteiger partial charge is 0.379 e. The molecule has 0 radical (unpaired) electrons. The third-order valence-electron chi connectivity index (χ3n) is 4.66. The fourth-order valence-corrected chi connectivity index (χ4v) is 4.05. The van der Waals surface area contributed by atoms with Gasteiger partial charge in [-0.25, -0.2) is 9.37 Å². The fraction of sp³-hybridized carbons (Fsp3) is 0.368. The van der Waals surface area contributed by atoms with Gasteiger partial charge in [-0.3, -0.25) is 9.69 Å². The Balaban J connectivity index is 1.41. The summed E-state index contributed by atoms with van der Waals surface area (Å²) in [6.45, 7) is 6.33. The number of nitrogens with one attached hydrogen (secondary N) is 2. The highest BCUT2D eigenvalue weighted by atomic mass is 32.1. The number of aromatic amines is 1. The summed E-state index contributed by atoms with van der Waals surface area (Å²) >= 11 is 1.54. The summed E-state index contributed by atoms with van der Waals surface area (Å²) in [6.07, 6.45) is 0. The Morgan fingerprint density at radius 2 is 2.22 bits per heavy atom. The molecule has 6 nitrogen and oxygen atoms in total. The van der Waals surface area contributed by atoms with Crippen LogP contribution in [0.25, 0.3) is 10.9 Å². The lowest BCUT2D eigenvalue weighted by Gasteiger charge is -2.25. The number of H-pyrrole nitrogens is 1. The number of rotatable bonds is 5. The van der Waals surface area contributed by atoms with Gasteiger partial charge < -0.3 is 15.0 Å². The minimum absolute atomic E-state index is 0.228. The topological polar surface area (TPSA) is 70.2 Å². The molecular formula is C19H21FN4O2S. The Labute approximate surface area is 160 Å². The van der Waals surface area contributed by atoms with Gasteiger partial charge in [0.25, 0.3) is 5.91 Å². The number of fused-ring (bicyclic) bond motifs is 1. The fourth-order valence-electron chi connectivity index (χ4n) is 3.33. The zero-order valence-electron chi connectivity index (χ0n) is 15.0. The number of morpholine rings is 1. The molecular weight excluding hydrogens is 367 g/mol. The van der Waals surface area contributed by atoms with E-state index in [-0.39, 0.29) is 11.7 Å². The van der Waals surface area contributed by atoms with Crippen molar-refractivity contribution in [3.8, 4) is 0 Å². The number of ether oxygens (including phenoxy) is 1. The Morgan fingerprint density at radius 3 is 3.04 bits per heavy atom. The van der Waals surface area contributed by atoms with Crippen LogP contribution in [0.15, 0.2) is 23.6 Å². The maximum atomic E-state index is 13.6. The summed E-state index contributed by atoms with van der Waals surface area (Å²) < 4.78 is 18.9. The average Bonchev–Trinajstić information content (AvgIpc) is 3.23. The molecule has 4 rings (SSSR count). The van der Waals surface area contributed by atoms with Crippen LogP contribution in [-0.2, 0) is 17.8 Å². The highest BCUT2D eigenvalue weighted by Crippen LogP contribution is 2.23. The summed E-state index contributed by atoms with van der Waals surface area (Å²) in [4.78, 5) is 22.7. The van der Waals surface area contributed by atoms with E-state index in [0.717, 1.165) is 54.8 Å². The van der Waals surface area contributed by atoms with E-state index in [1.165, 1.54) is 23.5 Å². The highest BCUT2D eigenvalue weighted by Gasteiger charge is 2.17. The van der Waals surface area contributed by atoms with Crippen LogP contribution in [0.5, 0.6) is 0 Å². The summed E-state index contributed by atoms with van der Waals surface area (Å²) in [5.41, 5.74) is 2.97. The van der Waals surface area contributed by atoms with Crippen molar-refractivity contribution in [1.29, 1.82) is 0 Å². The monoisotopic (exact) mass is 388 g/mol. The van der Waals surface area contributed by atoms with E-state index in [1.54, 1.807) is 6.07 Å². The van der Waals surface area contributed by atoms with Crippen molar-refractivity contribution < 1.29 is 13.9 Å². The van der Waals surface area contributed by atoms with E-state index in [2.05, 4.69) is 20.2 Å². The van der Waals surface area contributed by atoms with E-state index in [1.807, 2.05) is 12.3 Å². The number of amides is 1. The number of aromatic nitrogens is 2. The van der Waals surface area contributed by atoms with Gasteiger partial charge in [-0.2, -0.15) is 0 Å². The molecule has 0 bridgehead atoms. The number of carbonyl (C=O) groups excluding carboxylic acids is 1. The van der Waals surface area contributed by atoms with Crippen LogP contribution in [-0.4, -0.2) is 47.1 Å². The van der Waals surface area contributed by atoms with Gasteiger partial charge in [-0.15, -0.1) is 11.3 Å². The number of thiazole rings is 1. The Kier molecular flexibility index (Phi) is 5.20. The lowest BCUT2D eigenvalue weighted by Crippen LogP contribution is -2.35. The molecule has 1 aliphatic heterocycles. The predicted molar refractivity (Wildman–Crippen MR) is 102 cm³/mol. The molecule has 8 heteroatoms. The van der Waals surface area contributed by atoms with Crippen LogP contribution in [0.1, 0.15) is 26.8 Å². The van der Waals surface area contributed by atoms with Gasteiger partial charge in [0.2, 0.25) is 0 Å². The van der Waals surface area contributed by atoms with Crippen molar-refractivity contribution in [3.63, 3.8) is 0 Å². The van der Waals surface area contributed by atoms with Gasteiger partial charge in [0.05, 0.1) is 31.0 Å². The van der Waals surface area contributed by atoms with Gasteiger partial charge >= 0.3 is 0 Å². The molecule has 1 fully saturated rings. The first-order valence-electron chi connectivity index (χ1n) is 8.89. The minimum Gasteiger partial charge on any atom is -0.379 e. The molecule has 2 N–H and O–H groups in total. The number of carbonyl (C=O) groups is 1. The second-order valence-corrected chi connectivity index (χ2v) is 7.56. The molecule has 3 aromatic rings. The quantitative estimate of drug-likeness (QED) is 0.705. The van der Waals surface area contributed by atoms with E-state index in [9.17, 15) is 9.18 Å². The summed E-state index contributed by atoms with van der Waals surface area (Å²) in [5, 5.41) is 6.39. The predicted octanol–water partition coefficient (Wildman–Crippen LogP) is 2.83. The van der Waals surface area contributed by atoms with Crippen molar-refractivity contribution in [1.82, 2.24) is 20.2 Å². The van der Waals surface area contributed by atoms with Gasteiger partial charge in [0.1, 0.15) is 10.8 Å². The number of hydrogen-bond donors (Lipinski definition) is 2. The molecule has 1 amide bonds. The van der Waals surface area contributed by atoms with Crippen LogP contribution in [0.2, 0.25) is 0 Å². The molecule has 1 aromatic carbocycles. The van der Waals surface area contributed by atoms with E-state index in [0.29, 0.717) is 17.5 Å². The Bertz CT molecular complexity index is 962. The molecule has 0 aliphatic carbocycles. The van der Waals surface area contributed by atoms with Crippen molar-refractivity contribution in [3.05, 3.63) is 51.4 Å². The third-order valence-corrected chi connectivity index (χ3v) is 5.56. The van der Waals surface area contributed by atoms with Gasteiger partial charge in [-0.1, -0.05) is 0 Å². The van der Waals surface area contributed by atoms with Crippen LogP contribution in [0, 0.1) is 12.7 Å². The first kappa shape index (κ1) is 18.1. The summed E-state index contributed by atoms with van der Waals surface area (Å²) in [5.74, 6) is -0.586. The molecule has 0 saturated carbocycles. The molecule has 0 atom stereocenters. The normalized spacial score (nSPS) is 15.3. The number of benzene rings is 1. The summed E-state index contributed by atoms with van der Waals surface area (Å²) in [6, 6.07) is 4.41. The Morgan fingerprint density at radius 1 is 1.41 bits per heavy atom. The molecule has 1 saturated heterocycles. The standard InChI is InChI=1S/C19H21FN4O2S/c1-12-18(15-8-13(20)2-3-16(15)22-12)19(25)21-9-17-23-14(11-27-17)10-24-4-6-26-7-5-24/h2-3,8,11,22H,4-7,9-10H2,1H3,(H,21,25). The molecule has 142 valence electrons. The van der Waals surface area contributed by atoms with Crippen molar-refractivity contribution >= 4 is 28.1 Å². The second-order valence-electron chi connectivity index (χ2n) is 6.62. The third kappa shape index (κ3) is 4.02. The summed E-state index contributed by atoms with van der Waals surface area (Å²) in [7, 11) is 0. The highest BCUT2D eigenvalue weighted by molar-refractivity contribution is 7.09. The van der Waals surface area contributed by atoms with Crippen molar-refractivity contribution in [2.75, 3.05) is 26.3 Å². The van der Waals surface area contributed by atoms with Crippen LogP contribution in [0.4, 0.5) is 4.39 Å². The van der Waals surface area contributed by atoms with E-state index < -0.39 is 0 Å². The average molecular weight is 388 g/mol. The maximum Gasteiger partial charge on any atom is 0.254 e. The zero-order chi connectivity index (χ0) is 18.8. The van der Waals surface area contributed by atoms with E-state index >= 15 is 0 Å². The molecule has 2 aromatic heterocycles. The van der Waals surface area contributed by atoms with Crippen LogP contribution in [0.3, 0.4) is 0 Å². The second kappa shape index (κ2) is 7.75. The number of aryl methyl sites for hydroxylation is 1. The molecule has 3 heterocycles. The Hall–Kier alpha value is -2.29. The van der Waals surface area contributed by atoms with E-state index in [4.69, 9.17) is 4.74 Å². The van der Waals surface area contributed by atoms with Crippen molar-refractivity contribution in [2.45, 2.75) is 20.0 Å². The molecule has 0 unspecified atom stereocenters. The van der Waals surface area contributed by atoms with Gasteiger partial charge in [-0.05, 0) is 25.1 Å². The SMILES string of the molecule is Cc1[nH]c2ccc(F)cc2c1C(=O)NCc1nc(CN2CCOCC2)cs1. The lowest BCUT2D eigenvalue weighted by atomic mass is 10.1. The van der Waals surface area contributed by atoms with Gasteiger partial charge in [0, 0.05) is 41.6 Å². The number of nitrogens with zero attached hydrogens (tertiary/aromatic N) is 2. The number of hydrogen-bond acceptors (Lipinski definition) is 5. The van der Waals surface area contributed by atoms with Crippen molar-refractivity contribution in [2.24, 2.45) is 0 Å². The van der Waals surface area contributed by atoms with Crippen LogP contribution < -0.4 is 5.32 Å². The molecule has 0 spiro atoms. The minimum atomic E-state index is -0.358. The first-order valence-corrected chi connectivity index (χ1v) is 9.77.